The number of hydrogen-bond donors (Lipinski definition) is 3. The van der Waals surface area contributed by atoms with E-state index in [-0.39, 0.29) is 11.8 Å². The highest BCUT2D eigenvalue weighted by molar-refractivity contribution is 9.10. The molecule has 0 aliphatic heterocycles. The molecular formula is C11H16BrN3O2. The van der Waals surface area contributed by atoms with Gasteiger partial charge in [0.05, 0.1) is 10.5 Å². The first-order valence-electron chi connectivity index (χ1n) is 5.26. The number of rotatable bonds is 4. The minimum absolute atomic E-state index is 0.149. The number of hydrazine groups is 1. The van der Waals surface area contributed by atoms with Gasteiger partial charge in [-0.15, -0.1) is 0 Å². The number of primary amides is 1. The first kappa shape index (κ1) is 13.8. The molecule has 94 valence electrons. The van der Waals surface area contributed by atoms with E-state index in [2.05, 4.69) is 15.9 Å². The van der Waals surface area contributed by atoms with Crippen molar-refractivity contribution in [2.45, 2.75) is 25.8 Å². The Kier molecular flexibility index (Phi) is 4.77. The molecule has 0 spiro atoms. The van der Waals surface area contributed by atoms with E-state index in [4.69, 9.17) is 11.6 Å². The molecule has 0 saturated carbocycles. The van der Waals surface area contributed by atoms with Crippen LogP contribution in [0.25, 0.3) is 0 Å². The summed E-state index contributed by atoms with van der Waals surface area (Å²) in [5, 5.41) is 10.4. The zero-order valence-corrected chi connectivity index (χ0v) is 11.1. The summed E-state index contributed by atoms with van der Waals surface area (Å²) in [4.78, 5) is 11.0. The van der Waals surface area contributed by atoms with Crippen LogP contribution < -0.4 is 11.6 Å². The number of nitrogens with zero attached hydrogens (tertiary/aromatic N) is 1. The molecule has 5 N–H and O–H groups in total. The Labute approximate surface area is 108 Å². The number of halogens is 1. The van der Waals surface area contributed by atoms with Gasteiger partial charge >= 0.3 is 6.03 Å². The monoisotopic (exact) mass is 301 g/mol. The van der Waals surface area contributed by atoms with Gasteiger partial charge in [0.1, 0.15) is 5.75 Å². The second-order valence-corrected chi connectivity index (χ2v) is 4.65. The molecule has 2 amide bonds. The Balaban J connectivity index is 2.80. The number of nitrogens with two attached hydrogens (primary N) is 2. The summed E-state index contributed by atoms with van der Waals surface area (Å²) < 4.78 is 0.618. The van der Waals surface area contributed by atoms with Crippen LogP contribution in [0.1, 0.15) is 18.9 Å². The van der Waals surface area contributed by atoms with Crippen molar-refractivity contribution in [3.05, 3.63) is 28.2 Å². The smallest absolute Gasteiger partial charge is 0.329 e. The summed E-state index contributed by atoms with van der Waals surface area (Å²) in [5.74, 6) is 5.77. The van der Waals surface area contributed by atoms with Crippen molar-refractivity contribution in [2.24, 2.45) is 11.6 Å². The van der Waals surface area contributed by atoms with Crippen molar-refractivity contribution in [1.29, 1.82) is 0 Å². The maximum absolute atomic E-state index is 11.0. The minimum Gasteiger partial charge on any atom is -0.507 e. The molecule has 0 fully saturated rings. The molecule has 1 aromatic carbocycles. The van der Waals surface area contributed by atoms with E-state index >= 15 is 0 Å². The second-order valence-electron chi connectivity index (χ2n) is 3.80. The number of carbonyl (C=O) groups excluding carboxylic acids is 1. The molecule has 6 heteroatoms. The molecule has 0 aromatic heterocycles. The summed E-state index contributed by atoms with van der Waals surface area (Å²) >= 11 is 3.24. The first-order valence-corrected chi connectivity index (χ1v) is 6.05. The van der Waals surface area contributed by atoms with Gasteiger partial charge in [0.25, 0.3) is 0 Å². The van der Waals surface area contributed by atoms with Crippen LogP contribution >= 0.6 is 15.9 Å². The van der Waals surface area contributed by atoms with E-state index in [1.807, 2.05) is 6.92 Å². The van der Waals surface area contributed by atoms with E-state index in [0.29, 0.717) is 17.3 Å². The van der Waals surface area contributed by atoms with Crippen molar-refractivity contribution >= 4 is 22.0 Å². The van der Waals surface area contributed by atoms with Crippen molar-refractivity contribution in [1.82, 2.24) is 5.01 Å². The lowest BCUT2D eigenvalue weighted by Gasteiger charge is -2.24. The fourth-order valence-electron chi connectivity index (χ4n) is 1.57. The zero-order chi connectivity index (χ0) is 13.0. The van der Waals surface area contributed by atoms with Crippen molar-refractivity contribution < 1.29 is 9.90 Å². The molecule has 1 atom stereocenters. The highest BCUT2D eigenvalue weighted by Gasteiger charge is 2.17. The number of amides is 2. The number of aromatic hydroxyl groups is 1. The average molecular weight is 302 g/mol. The average Bonchev–Trinajstić information content (AvgIpc) is 2.29. The molecule has 5 nitrogen and oxygen atoms in total. The highest BCUT2D eigenvalue weighted by Crippen LogP contribution is 2.25. The lowest BCUT2D eigenvalue weighted by molar-refractivity contribution is 0.182. The van der Waals surface area contributed by atoms with Crippen LogP contribution in [0.2, 0.25) is 0 Å². The van der Waals surface area contributed by atoms with Crippen LogP contribution in [0.5, 0.6) is 5.75 Å². The highest BCUT2D eigenvalue weighted by atomic mass is 79.9. The molecule has 0 radical (unpaired) electrons. The van der Waals surface area contributed by atoms with Crippen LogP contribution in [-0.2, 0) is 6.42 Å². The van der Waals surface area contributed by atoms with Crippen LogP contribution in [0.15, 0.2) is 22.7 Å². The Hall–Kier alpha value is -1.27. The number of benzene rings is 1. The van der Waals surface area contributed by atoms with Crippen molar-refractivity contribution in [3.63, 3.8) is 0 Å². The third kappa shape index (κ3) is 3.61. The largest absolute Gasteiger partial charge is 0.507 e. The number of carbonyl (C=O) groups is 1. The molecule has 0 saturated heterocycles. The SMILES string of the molecule is CCC(Cc1ccc(O)c(Br)c1)N(N)C(N)=O. The third-order valence-electron chi connectivity index (χ3n) is 2.60. The van der Waals surface area contributed by atoms with Crippen LogP contribution in [0, 0.1) is 0 Å². The lowest BCUT2D eigenvalue weighted by Crippen LogP contribution is -2.49. The van der Waals surface area contributed by atoms with Gasteiger partial charge in [-0.2, -0.15) is 0 Å². The maximum atomic E-state index is 11.0. The summed E-state index contributed by atoms with van der Waals surface area (Å²) in [5.41, 5.74) is 6.10. The fraction of sp³-hybridized carbons (Fsp3) is 0.364. The Bertz CT molecular complexity index is 412. The van der Waals surface area contributed by atoms with Gasteiger partial charge in [0.2, 0.25) is 0 Å². The standard InChI is InChI=1S/C11H16BrN3O2/c1-2-8(15(14)11(13)17)5-7-3-4-10(16)9(12)6-7/h3-4,6,8,16H,2,5,14H2,1H3,(H2,13,17). The molecule has 0 heterocycles. The normalized spacial score (nSPS) is 12.2. The number of phenols is 1. The Morgan fingerprint density at radius 1 is 1.59 bits per heavy atom. The lowest BCUT2D eigenvalue weighted by atomic mass is 10.0. The second kappa shape index (κ2) is 5.88. The van der Waals surface area contributed by atoms with Gasteiger partial charge in [-0.05, 0) is 46.5 Å². The number of phenolic OH excluding ortho intramolecular Hbond substituents is 1. The molecule has 0 bridgehead atoms. The molecule has 1 unspecified atom stereocenters. The Morgan fingerprint density at radius 2 is 2.24 bits per heavy atom. The fourth-order valence-corrected chi connectivity index (χ4v) is 1.99. The number of urea groups is 1. The van der Waals surface area contributed by atoms with Gasteiger partial charge in [0, 0.05) is 0 Å². The van der Waals surface area contributed by atoms with Gasteiger partial charge in [-0.1, -0.05) is 13.0 Å². The van der Waals surface area contributed by atoms with Gasteiger partial charge < -0.3 is 10.8 Å². The van der Waals surface area contributed by atoms with Crippen LogP contribution in [0.4, 0.5) is 4.79 Å². The summed E-state index contributed by atoms with van der Waals surface area (Å²) in [6, 6.07) is 4.39. The van der Waals surface area contributed by atoms with Crippen LogP contribution in [-0.4, -0.2) is 22.2 Å². The van der Waals surface area contributed by atoms with E-state index < -0.39 is 6.03 Å². The van der Waals surface area contributed by atoms with Gasteiger partial charge in [0.15, 0.2) is 0 Å². The quantitative estimate of drug-likeness (QED) is 0.449. The van der Waals surface area contributed by atoms with Crippen molar-refractivity contribution in [3.8, 4) is 5.75 Å². The predicted molar refractivity (Wildman–Crippen MR) is 69.2 cm³/mol. The predicted octanol–water partition coefficient (Wildman–Crippen LogP) is 1.73. The van der Waals surface area contributed by atoms with Crippen molar-refractivity contribution in [2.75, 3.05) is 0 Å². The zero-order valence-electron chi connectivity index (χ0n) is 9.56. The van der Waals surface area contributed by atoms with Gasteiger partial charge in [-0.3, -0.25) is 5.01 Å². The van der Waals surface area contributed by atoms with E-state index in [0.717, 1.165) is 10.6 Å². The Morgan fingerprint density at radius 3 is 2.71 bits per heavy atom. The van der Waals surface area contributed by atoms with Crippen LogP contribution in [0.3, 0.4) is 0 Å². The van der Waals surface area contributed by atoms with E-state index in [1.165, 1.54) is 0 Å². The van der Waals surface area contributed by atoms with E-state index in [9.17, 15) is 9.90 Å². The molecule has 17 heavy (non-hydrogen) atoms. The summed E-state index contributed by atoms with van der Waals surface area (Å²) in [7, 11) is 0. The molecule has 1 rings (SSSR count). The molecule has 0 aliphatic rings. The topological polar surface area (TPSA) is 92.6 Å². The molecule has 0 aliphatic carbocycles. The van der Waals surface area contributed by atoms with E-state index in [1.54, 1.807) is 18.2 Å². The first-order chi connectivity index (χ1) is 7.95. The molecule has 1 aromatic rings. The molecular weight excluding hydrogens is 286 g/mol. The van der Waals surface area contributed by atoms with Gasteiger partial charge in [-0.25, -0.2) is 10.6 Å². The summed E-state index contributed by atoms with van der Waals surface area (Å²) in [6.07, 6.45) is 1.30. The third-order valence-corrected chi connectivity index (χ3v) is 3.24. The maximum Gasteiger partial charge on any atom is 0.329 e. The number of hydrogen-bond acceptors (Lipinski definition) is 3. The summed E-state index contributed by atoms with van der Waals surface area (Å²) in [6.45, 7) is 1.93. The minimum atomic E-state index is -0.644.